The van der Waals surface area contributed by atoms with Crippen LogP contribution >= 0.6 is 22.7 Å². The third-order valence-corrected chi connectivity index (χ3v) is 14.9. The second-order valence-electron chi connectivity index (χ2n) is 16.7. The molecule has 8 rings (SSSR count). The number of unbranched alkanes of at least 4 members (excludes halogenated alkanes) is 6. The highest BCUT2D eigenvalue weighted by molar-refractivity contribution is 7.24. The molecule has 0 spiro atoms. The molecule has 324 valence electrons. The lowest BCUT2D eigenvalue weighted by Crippen LogP contribution is -2.46. The van der Waals surface area contributed by atoms with Gasteiger partial charge < -0.3 is 15.1 Å². The van der Waals surface area contributed by atoms with Crippen LogP contribution in [-0.4, -0.2) is 20.7 Å². The summed E-state index contributed by atoms with van der Waals surface area (Å²) in [6.45, 7) is 7.69. The van der Waals surface area contributed by atoms with Crippen molar-refractivity contribution in [1.29, 1.82) is 5.26 Å². The molecule has 7 nitrogen and oxygen atoms in total. The molecule has 1 aliphatic carbocycles. The van der Waals surface area contributed by atoms with E-state index < -0.39 is 24.0 Å². The minimum atomic E-state index is -1.31. The number of thiophene rings is 2. The van der Waals surface area contributed by atoms with E-state index in [1.54, 1.807) is 17.4 Å². The first-order valence-corrected chi connectivity index (χ1v) is 24.0. The summed E-state index contributed by atoms with van der Waals surface area (Å²) in [7, 11) is 0. The molecule has 0 bridgehead atoms. The Labute approximate surface area is 383 Å². The number of aromatic hydroxyl groups is 1. The van der Waals surface area contributed by atoms with Gasteiger partial charge in [0.15, 0.2) is 0 Å². The van der Waals surface area contributed by atoms with Gasteiger partial charge in [0.25, 0.3) is 5.56 Å². The summed E-state index contributed by atoms with van der Waals surface area (Å²) in [6.07, 6.45) is 13.4. The van der Waals surface area contributed by atoms with E-state index in [0.717, 1.165) is 38.8 Å². The van der Waals surface area contributed by atoms with E-state index in [1.165, 1.54) is 101 Å². The fourth-order valence-electron chi connectivity index (χ4n) is 9.40. The number of aromatic nitrogens is 1. The summed E-state index contributed by atoms with van der Waals surface area (Å²) in [4.78, 5) is 31.3. The van der Waals surface area contributed by atoms with E-state index >= 15 is 0 Å². The Hall–Kier alpha value is -6.47. The SMILES string of the molecule is C=c1c(C#N)c(O)n(CC(=O)O)c(=O)/c1=C/c1ccc(-c2ccc(-c3ccc4c(c3)C(CCCCCC)(CCCCCC)c3cc(N(c5ccccc5)c5ccccc5)ccc3-4)s2)s1. The maximum absolute atomic E-state index is 13.4. The fraction of sp³-hybridized carbons (Fsp3) is 0.255. The predicted molar refractivity (Wildman–Crippen MR) is 265 cm³/mol. The number of nitrogens with zero attached hydrogens (tertiary/aromatic N) is 3. The van der Waals surface area contributed by atoms with Crippen LogP contribution in [0.4, 0.5) is 17.1 Å². The van der Waals surface area contributed by atoms with Crippen molar-refractivity contribution < 1.29 is 15.0 Å². The molecule has 0 unspecified atom stereocenters. The van der Waals surface area contributed by atoms with Crippen LogP contribution in [0.1, 0.15) is 99.6 Å². The molecule has 1 aliphatic rings. The molecule has 0 aliphatic heterocycles. The summed E-state index contributed by atoms with van der Waals surface area (Å²) in [5.74, 6) is -2.00. The molecule has 0 amide bonds. The van der Waals surface area contributed by atoms with Crippen molar-refractivity contribution in [1.82, 2.24) is 4.57 Å². The van der Waals surface area contributed by atoms with Crippen molar-refractivity contribution >= 4 is 58.4 Å². The third-order valence-electron chi connectivity index (χ3n) is 12.6. The van der Waals surface area contributed by atoms with Crippen LogP contribution in [0, 0.1) is 11.3 Å². The molecule has 2 N–H and O–H groups in total. The summed E-state index contributed by atoms with van der Waals surface area (Å²) < 4.78 is 0.699. The van der Waals surface area contributed by atoms with Crippen molar-refractivity contribution in [2.24, 2.45) is 0 Å². The van der Waals surface area contributed by atoms with Crippen molar-refractivity contribution in [3.05, 3.63) is 164 Å². The Morgan fingerprint density at radius 1 is 0.734 bits per heavy atom. The quantitative estimate of drug-likeness (QED) is 0.0832. The topological polar surface area (TPSA) is 107 Å². The smallest absolute Gasteiger partial charge is 0.323 e. The van der Waals surface area contributed by atoms with Crippen LogP contribution < -0.4 is 20.9 Å². The van der Waals surface area contributed by atoms with E-state index in [2.05, 4.69) is 135 Å². The van der Waals surface area contributed by atoms with Crippen molar-refractivity contribution in [3.63, 3.8) is 0 Å². The number of para-hydroxylation sites is 2. The molecule has 0 saturated carbocycles. The van der Waals surface area contributed by atoms with Gasteiger partial charge in [-0.05, 0) is 113 Å². The van der Waals surface area contributed by atoms with Gasteiger partial charge in [-0.15, -0.1) is 22.7 Å². The number of fused-ring (bicyclic) bond motifs is 3. The standard InChI is InChI=1S/C55H53N3O4S2/c1-4-6-8-16-30-55(31-17-9-7-5-2)47-32-38(22-25-43(47)44-26-23-41(33-48(44)55)58(39-18-12-10-13-19-39)40-20-14-11-15-21-40)49-28-29-51(64-49)50-27-24-42(63-50)34-45-37(3)46(35-56)54(62)57(53(45)61)36-52(59)60/h10-15,18-29,32-34,62H,3-9,16-17,30-31,36H2,1-2H3,(H,59,60)/b45-34+. The average Bonchev–Trinajstić information content (AvgIpc) is 4.06. The van der Waals surface area contributed by atoms with Crippen molar-refractivity contribution in [2.45, 2.75) is 90.0 Å². The Morgan fingerprint density at radius 3 is 1.92 bits per heavy atom. The molecule has 7 aromatic rings. The maximum Gasteiger partial charge on any atom is 0.323 e. The van der Waals surface area contributed by atoms with Crippen molar-refractivity contribution in [2.75, 3.05) is 4.90 Å². The maximum atomic E-state index is 13.4. The summed E-state index contributed by atoms with van der Waals surface area (Å²) in [6, 6.07) is 45.8. The molecule has 4 aromatic carbocycles. The first-order chi connectivity index (χ1) is 31.2. The summed E-state index contributed by atoms with van der Waals surface area (Å²) in [5.41, 5.74) is 9.08. The number of carboxylic acid groups (broad SMARTS) is 1. The molecule has 3 heterocycles. The first-order valence-electron chi connectivity index (χ1n) is 22.4. The van der Waals surface area contributed by atoms with E-state index in [9.17, 15) is 25.1 Å². The van der Waals surface area contributed by atoms with Crippen LogP contribution in [0.2, 0.25) is 0 Å². The van der Waals surface area contributed by atoms with Gasteiger partial charge in [0.1, 0.15) is 18.2 Å². The fourth-order valence-corrected chi connectivity index (χ4v) is 11.4. The van der Waals surface area contributed by atoms with Gasteiger partial charge in [0.2, 0.25) is 5.88 Å². The number of anilines is 3. The van der Waals surface area contributed by atoms with Crippen LogP contribution in [-0.2, 0) is 16.8 Å². The van der Waals surface area contributed by atoms with Gasteiger partial charge in [-0.1, -0.05) is 126 Å². The van der Waals surface area contributed by atoms with Crippen LogP contribution in [0.25, 0.3) is 44.0 Å². The lowest BCUT2D eigenvalue weighted by atomic mass is 9.70. The highest BCUT2D eigenvalue weighted by Crippen LogP contribution is 2.56. The highest BCUT2D eigenvalue weighted by Gasteiger charge is 2.43. The van der Waals surface area contributed by atoms with Gasteiger partial charge in [0.05, 0.1) is 0 Å². The molecule has 3 aromatic heterocycles. The second-order valence-corrected chi connectivity index (χ2v) is 18.9. The highest BCUT2D eigenvalue weighted by atomic mass is 32.1. The minimum absolute atomic E-state index is 0.0616. The normalized spacial score (nSPS) is 12.8. The number of hydrogen-bond donors (Lipinski definition) is 2. The number of pyridine rings is 1. The Balaban J connectivity index is 1.19. The van der Waals surface area contributed by atoms with Gasteiger partial charge >= 0.3 is 5.97 Å². The van der Waals surface area contributed by atoms with E-state index in [4.69, 9.17) is 0 Å². The molecule has 64 heavy (non-hydrogen) atoms. The van der Waals surface area contributed by atoms with Crippen LogP contribution in [0.15, 0.2) is 126 Å². The number of benzene rings is 4. The first kappa shape index (κ1) is 44.1. The molecule has 0 fully saturated rings. The monoisotopic (exact) mass is 883 g/mol. The molecular formula is C55H53N3O4S2. The van der Waals surface area contributed by atoms with Crippen molar-refractivity contribution in [3.8, 4) is 43.3 Å². The second kappa shape index (κ2) is 19.5. The van der Waals surface area contributed by atoms with E-state index in [0.29, 0.717) is 4.57 Å². The number of aliphatic carboxylic acids is 1. The van der Waals surface area contributed by atoms with E-state index in [-0.39, 0.29) is 21.4 Å². The molecule has 0 saturated heterocycles. The number of carbonyl (C=O) groups is 1. The zero-order chi connectivity index (χ0) is 44.8. The summed E-state index contributed by atoms with van der Waals surface area (Å²) >= 11 is 3.23. The predicted octanol–water partition coefficient (Wildman–Crippen LogP) is 12.9. The average molecular weight is 884 g/mol. The number of hydrogen-bond acceptors (Lipinski definition) is 7. The number of rotatable bonds is 18. The van der Waals surface area contributed by atoms with Gasteiger partial charge in [-0.3, -0.25) is 14.2 Å². The molecule has 9 heteroatoms. The summed E-state index contributed by atoms with van der Waals surface area (Å²) in [5, 5.41) is 29.7. The molecule has 0 atom stereocenters. The van der Waals surface area contributed by atoms with E-state index in [1.807, 2.05) is 18.2 Å². The lowest BCUT2D eigenvalue weighted by molar-refractivity contribution is -0.137. The zero-order valence-corrected chi connectivity index (χ0v) is 38.1. The number of nitriles is 1. The van der Waals surface area contributed by atoms with Gasteiger partial charge in [-0.25, -0.2) is 0 Å². The Bertz CT molecular complexity index is 2960. The zero-order valence-electron chi connectivity index (χ0n) is 36.5. The Morgan fingerprint density at radius 2 is 1.31 bits per heavy atom. The largest absolute Gasteiger partial charge is 0.493 e. The molecule has 0 radical (unpaired) electrons. The number of carboxylic acids is 1. The minimum Gasteiger partial charge on any atom is -0.493 e. The lowest BCUT2D eigenvalue weighted by Gasteiger charge is -2.34. The Kier molecular flexibility index (Phi) is 13.5. The van der Waals surface area contributed by atoms with Crippen LogP contribution in [0.3, 0.4) is 0 Å². The van der Waals surface area contributed by atoms with Gasteiger partial charge in [0, 0.05) is 52.4 Å². The van der Waals surface area contributed by atoms with Gasteiger partial charge in [-0.2, -0.15) is 5.26 Å². The molecular weight excluding hydrogens is 831 g/mol. The van der Waals surface area contributed by atoms with Crippen LogP contribution in [0.5, 0.6) is 5.88 Å². The third kappa shape index (κ3) is 8.73.